The van der Waals surface area contributed by atoms with E-state index < -0.39 is 5.54 Å². The molecule has 1 aromatic heterocycles. The van der Waals surface area contributed by atoms with Crippen LogP contribution in [0.25, 0.3) is 10.9 Å². The second-order valence-corrected chi connectivity index (χ2v) is 10.9. The minimum Gasteiger partial charge on any atom is -0.356 e. The molecule has 1 saturated heterocycles. The number of H-pyrrole nitrogens is 1. The van der Waals surface area contributed by atoms with Gasteiger partial charge in [0.2, 0.25) is 5.91 Å². The number of aryl methyl sites for hydroxylation is 1. The van der Waals surface area contributed by atoms with Crippen LogP contribution in [0.15, 0.2) is 66.7 Å². The predicted octanol–water partition coefficient (Wildman–Crippen LogP) is 6.27. The molecule has 6 rings (SSSR count). The summed E-state index contributed by atoms with van der Waals surface area (Å²) in [4.78, 5) is 34.8. The number of nitrogens with one attached hydrogen (secondary N) is 1. The topological polar surface area (TPSA) is 56.4 Å². The van der Waals surface area contributed by atoms with Gasteiger partial charge in [0.1, 0.15) is 6.54 Å². The molecule has 7 heteroatoms. The van der Waals surface area contributed by atoms with Crippen molar-refractivity contribution >= 4 is 45.9 Å². The zero-order chi connectivity index (χ0) is 25.9. The van der Waals surface area contributed by atoms with Gasteiger partial charge in [-0.3, -0.25) is 9.59 Å². The van der Waals surface area contributed by atoms with Crippen molar-refractivity contribution < 1.29 is 9.59 Å². The summed E-state index contributed by atoms with van der Waals surface area (Å²) in [6.07, 6.45) is 0.967. The number of hydrogen-bond acceptors (Lipinski definition) is 2. The number of aromatic amines is 1. The normalized spacial score (nSPS) is 21.4. The molecule has 4 aromatic rings. The number of fused-ring (bicyclic) bond motifs is 5. The number of carbonyl (C=O) groups excluding carboxylic acids is 2. The molecule has 0 radical (unpaired) electrons. The zero-order valence-corrected chi connectivity index (χ0v) is 22.2. The van der Waals surface area contributed by atoms with E-state index in [4.69, 9.17) is 23.2 Å². The van der Waals surface area contributed by atoms with Crippen LogP contribution < -0.4 is 0 Å². The maximum atomic E-state index is 14.2. The van der Waals surface area contributed by atoms with Crippen LogP contribution in [0.3, 0.4) is 0 Å². The Kier molecular flexibility index (Phi) is 5.81. The summed E-state index contributed by atoms with van der Waals surface area (Å²) in [5.41, 5.74) is 4.95. The van der Waals surface area contributed by atoms with Gasteiger partial charge in [-0.05, 0) is 53.8 Å². The van der Waals surface area contributed by atoms with Crippen LogP contribution in [-0.4, -0.2) is 39.7 Å². The van der Waals surface area contributed by atoms with Crippen molar-refractivity contribution in [2.24, 2.45) is 0 Å². The molecule has 0 spiro atoms. The van der Waals surface area contributed by atoms with Crippen molar-refractivity contribution in [1.82, 2.24) is 14.8 Å². The van der Waals surface area contributed by atoms with Crippen molar-refractivity contribution in [3.8, 4) is 0 Å². The van der Waals surface area contributed by atoms with E-state index in [-0.39, 0.29) is 30.8 Å². The number of para-hydroxylation sites is 1. The quantitative estimate of drug-likeness (QED) is 0.337. The number of benzene rings is 3. The van der Waals surface area contributed by atoms with Crippen molar-refractivity contribution in [1.29, 1.82) is 0 Å². The molecule has 0 unspecified atom stereocenters. The summed E-state index contributed by atoms with van der Waals surface area (Å²) in [7, 11) is 0. The van der Waals surface area contributed by atoms with Gasteiger partial charge in [0.25, 0.3) is 5.91 Å². The van der Waals surface area contributed by atoms with E-state index in [0.717, 1.165) is 39.7 Å². The van der Waals surface area contributed by atoms with E-state index in [2.05, 4.69) is 42.2 Å². The smallest absolute Gasteiger partial charge is 0.255 e. The SMILES string of the molecule is CCc1ccc([C@H]2CN3C(=O)CN(Cc4ccc(Cl)c(Cl)c4)C(=O)[C@]3(C)c3[nH]c4ccccc4c32)cc1. The van der Waals surface area contributed by atoms with Gasteiger partial charge in [-0.15, -0.1) is 0 Å². The molecule has 5 nitrogen and oxygen atoms in total. The Morgan fingerprint density at radius 2 is 1.70 bits per heavy atom. The summed E-state index contributed by atoms with van der Waals surface area (Å²) < 4.78 is 0. The zero-order valence-electron chi connectivity index (χ0n) is 20.7. The van der Waals surface area contributed by atoms with Crippen LogP contribution in [0, 0.1) is 0 Å². The van der Waals surface area contributed by atoms with Crippen LogP contribution >= 0.6 is 23.2 Å². The Labute approximate surface area is 226 Å². The first-order chi connectivity index (χ1) is 17.8. The summed E-state index contributed by atoms with van der Waals surface area (Å²) in [6.45, 7) is 4.76. The average Bonchev–Trinajstić information content (AvgIpc) is 3.30. The summed E-state index contributed by atoms with van der Waals surface area (Å²) >= 11 is 12.3. The Morgan fingerprint density at radius 1 is 0.973 bits per heavy atom. The number of halogens is 2. The van der Waals surface area contributed by atoms with Gasteiger partial charge in [0.05, 0.1) is 15.7 Å². The minimum absolute atomic E-state index is 0.0196. The third-order valence-electron chi connectivity index (χ3n) is 7.97. The van der Waals surface area contributed by atoms with E-state index in [0.29, 0.717) is 16.6 Å². The van der Waals surface area contributed by atoms with Gasteiger partial charge < -0.3 is 14.8 Å². The third-order valence-corrected chi connectivity index (χ3v) is 8.70. The first-order valence-electron chi connectivity index (χ1n) is 12.5. The van der Waals surface area contributed by atoms with Crippen molar-refractivity contribution in [2.75, 3.05) is 13.1 Å². The number of aromatic nitrogens is 1. The highest BCUT2D eigenvalue weighted by Crippen LogP contribution is 2.48. The summed E-state index contributed by atoms with van der Waals surface area (Å²) in [5.74, 6) is -0.212. The lowest BCUT2D eigenvalue weighted by molar-refractivity contribution is -0.166. The maximum Gasteiger partial charge on any atom is 0.255 e. The van der Waals surface area contributed by atoms with Crippen LogP contribution in [0.5, 0.6) is 0 Å². The lowest BCUT2D eigenvalue weighted by atomic mass is 9.76. The molecule has 2 aliphatic rings. The molecule has 37 heavy (non-hydrogen) atoms. The van der Waals surface area contributed by atoms with Crippen molar-refractivity contribution in [3.05, 3.63) is 105 Å². The number of carbonyl (C=O) groups is 2. The monoisotopic (exact) mass is 531 g/mol. The Bertz CT molecular complexity index is 1540. The highest BCUT2D eigenvalue weighted by Gasteiger charge is 2.56. The van der Waals surface area contributed by atoms with E-state index in [1.54, 1.807) is 21.9 Å². The highest BCUT2D eigenvalue weighted by atomic mass is 35.5. The molecule has 1 fully saturated rings. The lowest BCUT2D eigenvalue weighted by Crippen LogP contribution is -2.67. The average molecular weight is 532 g/mol. The lowest BCUT2D eigenvalue weighted by Gasteiger charge is -2.51. The molecule has 2 atom stereocenters. The number of nitrogens with zero attached hydrogens (tertiary/aromatic N) is 2. The molecule has 3 heterocycles. The fraction of sp³-hybridized carbons (Fsp3) is 0.267. The van der Waals surface area contributed by atoms with Gasteiger partial charge >= 0.3 is 0 Å². The fourth-order valence-corrected chi connectivity index (χ4v) is 6.27. The van der Waals surface area contributed by atoms with Gasteiger partial charge in [-0.25, -0.2) is 0 Å². The molecular formula is C30H27Cl2N3O2. The Balaban J connectivity index is 1.47. The third kappa shape index (κ3) is 3.75. The number of piperazine rings is 1. The fourth-order valence-electron chi connectivity index (χ4n) is 5.95. The molecule has 0 saturated carbocycles. The van der Waals surface area contributed by atoms with Gasteiger partial charge in [-0.2, -0.15) is 0 Å². The molecule has 2 aliphatic heterocycles. The first kappa shape index (κ1) is 24.1. The number of amides is 2. The highest BCUT2D eigenvalue weighted by molar-refractivity contribution is 6.42. The van der Waals surface area contributed by atoms with E-state index in [1.165, 1.54) is 5.56 Å². The van der Waals surface area contributed by atoms with Crippen LogP contribution in [0.4, 0.5) is 0 Å². The molecule has 2 amide bonds. The molecule has 0 bridgehead atoms. The first-order valence-corrected chi connectivity index (χ1v) is 13.3. The number of rotatable bonds is 4. The van der Waals surface area contributed by atoms with Crippen LogP contribution in [0.1, 0.15) is 47.7 Å². The summed E-state index contributed by atoms with van der Waals surface area (Å²) in [5, 5.41) is 1.97. The maximum absolute atomic E-state index is 14.2. The van der Waals surface area contributed by atoms with Gasteiger partial charge in [-0.1, -0.05) is 78.7 Å². The molecule has 3 aromatic carbocycles. The van der Waals surface area contributed by atoms with Crippen LogP contribution in [-0.2, 0) is 28.1 Å². The van der Waals surface area contributed by atoms with Gasteiger partial charge in [0, 0.05) is 29.9 Å². The van der Waals surface area contributed by atoms with Crippen molar-refractivity contribution in [2.45, 2.75) is 38.3 Å². The molecular weight excluding hydrogens is 505 g/mol. The second-order valence-electron chi connectivity index (χ2n) is 10.1. The number of hydrogen-bond donors (Lipinski definition) is 1. The Hall–Kier alpha value is -3.28. The summed E-state index contributed by atoms with van der Waals surface area (Å²) in [6, 6.07) is 22.1. The van der Waals surface area contributed by atoms with E-state index in [9.17, 15) is 9.59 Å². The van der Waals surface area contributed by atoms with Crippen LogP contribution in [0.2, 0.25) is 10.0 Å². The molecule has 0 aliphatic carbocycles. The molecule has 1 N–H and O–H groups in total. The standard InChI is InChI=1S/C30H27Cl2N3O2/c1-3-18-8-11-20(12-9-18)22-16-35-26(36)17-34(15-19-10-13-23(31)24(32)14-19)29(37)30(35,2)28-27(22)21-6-4-5-7-25(21)33-28/h4-14,22,33H,3,15-17H2,1-2H3/t22-,30+/m1/s1. The largest absolute Gasteiger partial charge is 0.356 e. The second kappa shape index (κ2) is 8.93. The van der Waals surface area contributed by atoms with E-state index in [1.807, 2.05) is 31.2 Å². The van der Waals surface area contributed by atoms with Crippen molar-refractivity contribution in [3.63, 3.8) is 0 Å². The predicted molar refractivity (Wildman–Crippen MR) is 147 cm³/mol. The molecule has 188 valence electrons. The van der Waals surface area contributed by atoms with E-state index >= 15 is 0 Å². The van der Waals surface area contributed by atoms with Gasteiger partial charge in [0.15, 0.2) is 5.54 Å². The Morgan fingerprint density at radius 3 is 2.43 bits per heavy atom. The minimum atomic E-state index is -1.14.